The van der Waals surface area contributed by atoms with Gasteiger partial charge in [-0.1, -0.05) is 60.0 Å². The van der Waals surface area contributed by atoms with Gasteiger partial charge in [0.1, 0.15) is 11.5 Å². The third-order valence-corrected chi connectivity index (χ3v) is 4.20. The Bertz CT molecular complexity index is 518. The molecular formula is C19H25BrO2. The van der Waals surface area contributed by atoms with E-state index in [0.29, 0.717) is 0 Å². The molecule has 0 unspecified atom stereocenters. The van der Waals surface area contributed by atoms with Crippen molar-refractivity contribution in [2.45, 2.75) is 39.0 Å². The third-order valence-electron chi connectivity index (χ3n) is 3.64. The second kappa shape index (κ2) is 9.73. The number of fused-ring (bicyclic) bond motifs is 1. The molecule has 0 atom stereocenters. The minimum atomic E-state index is 0.756. The molecule has 0 bridgehead atoms. The fourth-order valence-electron chi connectivity index (χ4n) is 2.41. The average molecular weight is 365 g/mol. The summed E-state index contributed by atoms with van der Waals surface area (Å²) >= 11 is 3.45. The number of hydrogen-bond donors (Lipinski definition) is 0. The molecule has 0 N–H and O–H groups in total. The summed E-state index contributed by atoms with van der Waals surface area (Å²) in [5.41, 5.74) is 0. The van der Waals surface area contributed by atoms with Gasteiger partial charge in [0.25, 0.3) is 0 Å². The third kappa shape index (κ3) is 4.91. The first kappa shape index (κ1) is 17.1. The van der Waals surface area contributed by atoms with E-state index in [2.05, 4.69) is 47.1 Å². The fourth-order valence-corrected chi connectivity index (χ4v) is 2.80. The van der Waals surface area contributed by atoms with E-state index in [1.807, 2.05) is 12.1 Å². The second-order valence-corrected chi connectivity index (χ2v) is 6.20. The van der Waals surface area contributed by atoms with Gasteiger partial charge in [0.05, 0.1) is 13.2 Å². The quantitative estimate of drug-likeness (QED) is 0.382. The van der Waals surface area contributed by atoms with Gasteiger partial charge in [0, 0.05) is 16.1 Å². The lowest BCUT2D eigenvalue weighted by Gasteiger charge is -2.13. The van der Waals surface area contributed by atoms with Crippen LogP contribution in [-0.2, 0) is 0 Å². The van der Waals surface area contributed by atoms with Gasteiger partial charge in [0.2, 0.25) is 0 Å². The molecule has 0 aliphatic heterocycles. The zero-order valence-electron chi connectivity index (χ0n) is 13.3. The standard InChI is InChI=1S/C19H25BrO2/c1-2-3-7-14-21-18-11-12-19(22-15-8-6-13-20)17-10-5-4-9-16(17)18/h4-5,9-12H,2-3,6-8,13-15H2,1H3. The highest BCUT2D eigenvalue weighted by Crippen LogP contribution is 2.33. The van der Waals surface area contributed by atoms with E-state index in [-0.39, 0.29) is 0 Å². The van der Waals surface area contributed by atoms with Crippen LogP contribution >= 0.6 is 15.9 Å². The SMILES string of the molecule is CCCCCOc1ccc(OCCCCBr)c2ccccc12. The molecule has 2 aromatic carbocycles. The molecule has 0 heterocycles. The zero-order chi connectivity index (χ0) is 15.6. The Balaban J connectivity index is 2.08. The minimum Gasteiger partial charge on any atom is -0.493 e. The Labute approximate surface area is 141 Å². The monoisotopic (exact) mass is 364 g/mol. The van der Waals surface area contributed by atoms with E-state index in [4.69, 9.17) is 9.47 Å². The van der Waals surface area contributed by atoms with E-state index < -0.39 is 0 Å². The molecule has 0 saturated carbocycles. The fraction of sp³-hybridized carbons (Fsp3) is 0.474. The predicted molar refractivity (Wildman–Crippen MR) is 97.5 cm³/mol. The number of unbranched alkanes of at least 4 members (excludes halogenated alkanes) is 3. The van der Waals surface area contributed by atoms with Gasteiger partial charge in [0.15, 0.2) is 0 Å². The summed E-state index contributed by atoms with van der Waals surface area (Å²) in [5, 5.41) is 3.30. The number of halogens is 1. The molecule has 0 saturated heterocycles. The van der Waals surface area contributed by atoms with E-state index in [9.17, 15) is 0 Å². The van der Waals surface area contributed by atoms with Crippen LogP contribution < -0.4 is 9.47 Å². The molecule has 0 aliphatic carbocycles. The van der Waals surface area contributed by atoms with Crippen molar-refractivity contribution in [3.8, 4) is 11.5 Å². The first-order valence-corrected chi connectivity index (χ1v) is 9.32. The summed E-state index contributed by atoms with van der Waals surface area (Å²) in [4.78, 5) is 0. The normalized spacial score (nSPS) is 10.8. The van der Waals surface area contributed by atoms with E-state index >= 15 is 0 Å². The molecule has 0 fully saturated rings. The van der Waals surface area contributed by atoms with Crippen LogP contribution in [0.4, 0.5) is 0 Å². The second-order valence-electron chi connectivity index (χ2n) is 5.41. The maximum absolute atomic E-state index is 5.96. The van der Waals surface area contributed by atoms with Gasteiger partial charge >= 0.3 is 0 Å². The Morgan fingerprint density at radius 2 is 1.32 bits per heavy atom. The zero-order valence-corrected chi connectivity index (χ0v) is 14.9. The van der Waals surface area contributed by atoms with Crippen molar-refractivity contribution in [3.05, 3.63) is 36.4 Å². The summed E-state index contributed by atoms with van der Waals surface area (Å²) < 4.78 is 11.9. The van der Waals surface area contributed by atoms with Crippen LogP contribution in [0.5, 0.6) is 11.5 Å². The van der Waals surface area contributed by atoms with Gasteiger partial charge in [-0.2, -0.15) is 0 Å². The summed E-state index contributed by atoms with van der Waals surface area (Å²) in [6, 6.07) is 12.4. The topological polar surface area (TPSA) is 18.5 Å². The molecule has 2 aromatic rings. The lowest BCUT2D eigenvalue weighted by atomic mass is 10.1. The van der Waals surface area contributed by atoms with E-state index in [0.717, 1.165) is 60.1 Å². The van der Waals surface area contributed by atoms with E-state index in [1.54, 1.807) is 0 Å². The Morgan fingerprint density at radius 1 is 0.773 bits per heavy atom. The molecule has 0 spiro atoms. The van der Waals surface area contributed by atoms with Gasteiger partial charge in [-0.05, 0) is 31.4 Å². The van der Waals surface area contributed by atoms with Crippen molar-refractivity contribution in [2.75, 3.05) is 18.5 Å². The van der Waals surface area contributed by atoms with Crippen LogP contribution in [0.25, 0.3) is 10.8 Å². The van der Waals surface area contributed by atoms with Crippen LogP contribution in [-0.4, -0.2) is 18.5 Å². The Hall–Kier alpha value is -1.22. The minimum absolute atomic E-state index is 0.756. The first-order valence-electron chi connectivity index (χ1n) is 8.20. The molecule has 0 radical (unpaired) electrons. The smallest absolute Gasteiger partial charge is 0.127 e. The lowest BCUT2D eigenvalue weighted by Crippen LogP contribution is -2.00. The van der Waals surface area contributed by atoms with Crippen molar-refractivity contribution in [1.82, 2.24) is 0 Å². The molecule has 0 aromatic heterocycles. The lowest BCUT2D eigenvalue weighted by molar-refractivity contribution is 0.305. The molecule has 2 nitrogen and oxygen atoms in total. The number of rotatable bonds is 10. The maximum Gasteiger partial charge on any atom is 0.127 e. The number of ether oxygens (including phenoxy) is 2. The molecule has 0 aliphatic rings. The largest absolute Gasteiger partial charge is 0.493 e. The predicted octanol–water partition coefficient (Wildman–Crippen LogP) is 5.96. The van der Waals surface area contributed by atoms with Crippen molar-refractivity contribution < 1.29 is 9.47 Å². The molecule has 0 amide bonds. The van der Waals surface area contributed by atoms with Crippen molar-refractivity contribution in [2.24, 2.45) is 0 Å². The summed E-state index contributed by atoms with van der Waals surface area (Å²) in [6.07, 6.45) is 5.74. The summed E-state index contributed by atoms with van der Waals surface area (Å²) in [5.74, 6) is 1.91. The highest BCUT2D eigenvalue weighted by molar-refractivity contribution is 9.09. The summed E-state index contributed by atoms with van der Waals surface area (Å²) in [6.45, 7) is 3.74. The molecule has 120 valence electrons. The highest BCUT2D eigenvalue weighted by atomic mass is 79.9. The number of benzene rings is 2. The Morgan fingerprint density at radius 3 is 1.82 bits per heavy atom. The van der Waals surface area contributed by atoms with Crippen molar-refractivity contribution in [3.63, 3.8) is 0 Å². The maximum atomic E-state index is 5.96. The van der Waals surface area contributed by atoms with Crippen molar-refractivity contribution in [1.29, 1.82) is 0 Å². The van der Waals surface area contributed by atoms with Gasteiger partial charge in [-0.15, -0.1) is 0 Å². The number of alkyl halides is 1. The van der Waals surface area contributed by atoms with Gasteiger partial charge < -0.3 is 9.47 Å². The van der Waals surface area contributed by atoms with Crippen LogP contribution in [0.15, 0.2) is 36.4 Å². The van der Waals surface area contributed by atoms with Crippen LogP contribution in [0.1, 0.15) is 39.0 Å². The Kier molecular flexibility index (Phi) is 7.58. The molecular weight excluding hydrogens is 340 g/mol. The first-order chi connectivity index (χ1) is 10.9. The van der Waals surface area contributed by atoms with Crippen molar-refractivity contribution >= 4 is 26.7 Å². The number of hydrogen-bond acceptors (Lipinski definition) is 2. The van der Waals surface area contributed by atoms with E-state index in [1.165, 1.54) is 12.8 Å². The highest BCUT2D eigenvalue weighted by Gasteiger charge is 2.07. The van der Waals surface area contributed by atoms with Gasteiger partial charge in [-0.3, -0.25) is 0 Å². The summed E-state index contributed by atoms with van der Waals surface area (Å²) in [7, 11) is 0. The molecule has 3 heteroatoms. The average Bonchev–Trinajstić information content (AvgIpc) is 2.56. The molecule has 2 rings (SSSR count). The van der Waals surface area contributed by atoms with Crippen LogP contribution in [0, 0.1) is 0 Å². The van der Waals surface area contributed by atoms with Gasteiger partial charge in [-0.25, -0.2) is 0 Å². The molecule has 22 heavy (non-hydrogen) atoms. The van der Waals surface area contributed by atoms with Crippen LogP contribution in [0.2, 0.25) is 0 Å². The van der Waals surface area contributed by atoms with Crippen LogP contribution in [0.3, 0.4) is 0 Å².